The van der Waals surface area contributed by atoms with Gasteiger partial charge in [0.05, 0.1) is 13.0 Å². The Morgan fingerprint density at radius 1 is 1.35 bits per heavy atom. The molecule has 0 radical (unpaired) electrons. The fourth-order valence-corrected chi connectivity index (χ4v) is 1.59. The van der Waals surface area contributed by atoms with Crippen LogP contribution in [0.15, 0.2) is 28.8 Å². The van der Waals surface area contributed by atoms with Gasteiger partial charge >= 0.3 is 0 Å². The third-order valence-electron chi connectivity index (χ3n) is 2.27. The summed E-state index contributed by atoms with van der Waals surface area (Å²) in [6.07, 6.45) is 0.617. The van der Waals surface area contributed by atoms with Crippen molar-refractivity contribution < 1.29 is 4.52 Å². The van der Waals surface area contributed by atoms with Crippen molar-refractivity contribution in [1.29, 1.82) is 0 Å². The molecule has 1 aromatic carbocycles. The molecule has 0 atom stereocenters. The van der Waals surface area contributed by atoms with Gasteiger partial charge in [-0.1, -0.05) is 17.3 Å². The zero-order valence-corrected chi connectivity index (χ0v) is 10.1. The van der Waals surface area contributed by atoms with Gasteiger partial charge in [-0.15, -0.1) is 0 Å². The van der Waals surface area contributed by atoms with E-state index in [9.17, 15) is 0 Å². The van der Waals surface area contributed by atoms with Crippen LogP contribution in [0, 0.1) is 0 Å². The van der Waals surface area contributed by atoms with Crippen LogP contribution in [-0.4, -0.2) is 29.1 Å². The van der Waals surface area contributed by atoms with Gasteiger partial charge < -0.3 is 15.2 Å². The van der Waals surface area contributed by atoms with E-state index in [-0.39, 0.29) is 0 Å². The van der Waals surface area contributed by atoms with Gasteiger partial charge in [0, 0.05) is 5.69 Å². The molecule has 0 amide bonds. The molecule has 2 N–H and O–H groups in total. The van der Waals surface area contributed by atoms with E-state index >= 15 is 0 Å². The lowest BCUT2D eigenvalue weighted by Crippen LogP contribution is -2.11. The second-order valence-corrected chi connectivity index (χ2v) is 4.26. The van der Waals surface area contributed by atoms with E-state index in [1.165, 1.54) is 0 Å². The zero-order valence-electron chi connectivity index (χ0n) is 10.1. The highest BCUT2D eigenvalue weighted by molar-refractivity contribution is 5.41. The van der Waals surface area contributed by atoms with Crippen LogP contribution < -0.4 is 5.73 Å². The van der Waals surface area contributed by atoms with Crippen LogP contribution in [0.2, 0.25) is 0 Å². The van der Waals surface area contributed by atoms with E-state index in [1.54, 1.807) is 0 Å². The number of hydrogen-bond acceptors (Lipinski definition) is 5. The molecule has 0 aliphatic heterocycles. The Morgan fingerprint density at radius 3 is 2.88 bits per heavy atom. The number of aromatic nitrogens is 2. The predicted molar refractivity (Wildman–Crippen MR) is 65.3 cm³/mol. The van der Waals surface area contributed by atoms with E-state index in [4.69, 9.17) is 10.3 Å². The molecule has 0 saturated heterocycles. The van der Waals surface area contributed by atoms with Crippen molar-refractivity contribution in [2.24, 2.45) is 0 Å². The highest BCUT2D eigenvalue weighted by atomic mass is 16.5. The molecule has 5 heteroatoms. The largest absolute Gasteiger partial charge is 0.399 e. The number of hydrogen-bond donors (Lipinski definition) is 1. The molecule has 0 aliphatic rings. The summed E-state index contributed by atoms with van der Waals surface area (Å²) in [6, 6.07) is 7.68. The summed E-state index contributed by atoms with van der Waals surface area (Å²) in [6.45, 7) is 0.681. The van der Waals surface area contributed by atoms with Gasteiger partial charge in [0.25, 0.3) is 0 Å². The van der Waals surface area contributed by atoms with E-state index < -0.39 is 0 Å². The molecule has 0 bridgehead atoms. The second-order valence-electron chi connectivity index (χ2n) is 4.26. The smallest absolute Gasteiger partial charge is 0.231 e. The zero-order chi connectivity index (χ0) is 12.3. The van der Waals surface area contributed by atoms with Gasteiger partial charge in [0.2, 0.25) is 5.89 Å². The molecule has 5 nitrogen and oxygen atoms in total. The summed E-state index contributed by atoms with van der Waals surface area (Å²) in [5.74, 6) is 1.32. The molecule has 0 saturated carbocycles. The molecule has 90 valence electrons. The van der Waals surface area contributed by atoms with Crippen LogP contribution in [0.1, 0.15) is 17.3 Å². The summed E-state index contributed by atoms with van der Waals surface area (Å²) in [5.41, 5.74) is 7.53. The highest BCUT2D eigenvalue weighted by Gasteiger charge is 2.07. The topological polar surface area (TPSA) is 68.2 Å². The maximum Gasteiger partial charge on any atom is 0.231 e. The lowest BCUT2D eigenvalue weighted by molar-refractivity contribution is 0.352. The average molecular weight is 232 g/mol. The molecule has 0 spiro atoms. The standard InChI is InChI=1S/C12H16N4O/c1-16(2)8-11-14-12(17-15-11)7-9-4-3-5-10(13)6-9/h3-6H,7-8,13H2,1-2H3. The number of anilines is 1. The van der Waals surface area contributed by atoms with Crippen LogP contribution in [0.25, 0.3) is 0 Å². The Kier molecular flexibility index (Phi) is 3.39. The van der Waals surface area contributed by atoms with Gasteiger partial charge in [-0.05, 0) is 31.8 Å². The van der Waals surface area contributed by atoms with Gasteiger partial charge in [-0.2, -0.15) is 4.98 Å². The van der Waals surface area contributed by atoms with Crippen LogP contribution in [0.3, 0.4) is 0 Å². The van der Waals surface area contributed by atoms with E-state index in [0.717, 1.165) is 11.3 Å². The first kappa shape index (κ1) is 11.6. The minimum atomic E-state index is 0.617. The summed E-state index contributed by atoms with van der Waals surface area (Å²) in [5, 5.41) is 3.92. The van der Waals surface area contributed by atoms with Gasteiger partial charge in [-0.25, -0.2) is 0 Å². The van der Waals surface area contributed by atoms with Crippen molar-refractivity contribution in [3.63, 3.8) is 0 Å². The Morgan fingerprint density at radius 2 is 2.18 bits per heavy atom. The molecule has 1 aromatic heterocycles. The number of nitrogens with two attached hydrogens (primary N) is 1. The molecule has 2 rings (SSSR count). The normalized spacial score (nSPS) is 11.0. The average Bonchev–Trinajstić information content (AvgIpc) is 2.64. The van der Waals surface area contributed by atoms with E-state index in [1.807, 2.05) is 43.3 Å². The second kappa shape index (κ2) is 4.97. The Hall–Kier alpha value is -1.88. The van der Waals surface area contributed by atoms with Crippen LogP contribution in [-0.2, 0) is 13.0 Å². The number of nitrogen functional groups attached to an aromatic ring is 1. The Labute approximate surface area is 100 Å². The van der Waals surface area contributed by atoms with Crippen molar-refractivity contribution >= 4 is 5.69 Å². The van der Waals surface area contributed by atoms with Gasteiger partial charge in [0.1, 0.15) is 0 Å². The van der Waals surface area contributed by atoms with Crippen LogP contribution >= 0.6 is 0 Å². The first-order valence-electron chi connectivity index (χ1n) is 5.44. The van der Waals surface area contributed by atoms with Crippen molar-refractivity contribution in [3.8, 4) is 0 Å². The first-order valence-corrected chi connectivity index (χ1v) is 5.44. The quantitative estimate of drug-likeness (QED) is 0.805. The maximum atomic E-state index is 5.71. The van der Waals surface area contributed by atoms with E-state index in [2.05, 4.69) is 10.1 Å². The molecule has 0 fully saturated rings. The van der Waals surface area contributed by atoms with Crippen LogP contribution in [0.5, 0.6) is 0 Å². The SMILES string of the molecule is CN(C)Cc1noc(Cc2cccc(N)c2)n1. The minimum Gasteiger partial charge on any atom is -0.399 e. The van der Waals surface area contributed by atoms with E-state index in [0.29, 0.717) is 24.7 Å². The van der Waals surface area contributed by atoms with Crippen molar-refractivity contribution in [2.45, 2.75) is 13.0 Å². The lowest BCUT2D eigenvalue weighted by atomic mass is 10.1. The molecule has 1 heterocycles. The number of nitrogens with zero attached hydrogens (tertiary/aromatic N) is 3. The Bertz CT molecular complexity index is 493. The molecule has 2 aromatic rings. The van der Waals surface area contributed by atoms with Gasteiger partial charge in [-0.3, -0.25) is 0 Å². The monoisotopic (exact) mass is 232 g/mol. The highest BCUT2D eigenvalue weighted by Crippen LogP contribution is 2.11. The summed E-state index contributed by atoms with van der Waals surface area (Å²) >= 11 is 0. The molecule has 0 unspecified atom stereocenters. The first-order chi connectivity index (χ1) is 8.13. The molecule has 0 aliphatic carbocycles. The van der Waals surface area contributed by atoms with Crippen molar-refractivity contribution in [1.82, 2.24) is 15.0 Å². The fraction of sp³-hybridized carbons (Fsp3) is 0.333. The third kappa shape index (κ3) is 3.29. The summed E-state index contributed by atoms with van der Waals surface area (Å²) in [4.78, 5) is 6.31. The van der Waals surface area contributed by atoms with Crippen molar-refractivity contribution in [3.05, 3.63) is 41.5 Å². The maximum absolute atomic E-state index is 5.71. The summed E-state index contributed by atoms with van der Waals surface area (Å²) < 4.78 is 5.18. The molecule has 17 heavy (non-hydrogen) atoms. The minimum absolute atomic E-state index is 0.617. The number of benzene rings is 1. The molecular weight excluding hydrogens is 216 g/mol. The van der Waals surface area contributed by atoms with Crippen molar-refractivity contribution in [2.75, 3.05) is 19.8 Å². The Balaban J connectivity index is 2.06. The summed E-state index contributed by atoms with van der Waals surface area (Å²) in [7, 11) is 3.93. The third-order valence-corrected chi connectivity index (χ3v) is 2.27. The van der Waals surface area contributed by atoms with Gasteiger partial charge in [0.15, 0.2) is 5.82 Å². The predicted octanol–water partition coefficient (Wildman–Crippen LogP) is 1.30. The number of rotatable bonds is 4. The van der Waals surface area contributed by atoms with Crippen LogP contribution in [0.4, 0.5) is 5.69 Å². The molecular formula is C12H16N4O. The fourth-order valence-electron chi connectivity index (χ4n) is 1.59. The lowest BCUT2D eigenvalue weighted by Gasteiger charge is -2.03.